The Hall–Kier alpha value is -3.48. The number of ether oxygens (including phenoxy) is 2. The SMILES string of the molecule is CC(C)N(Cc1c(-c2ccccc2)noc1N1CCCCC1)C(=O)c1ccc2c(c1)OCO2. The van der Waals surface area contributed by atoms with Crippen LogP contribution < -0.4 is 14.4 Å². The van der Waals surface area contributed by atoms with Gasteiger partial charge in [-0.3, -0.25) is 4.79 Å². The summed E-state index contributed by atoms with van der Waals surface area (Å²) in [7, 11) is 0. The van der Waals surface area contributed by atoms with Crippen LogP contribution in [0.15, 0.2) is 53.1 Å². The predicted octanol–water partition coefficient (Wildman–Crippen LogP) is 5.11. The van der Waals surface area contributed by atoms with Crippen molar-refractivity contribution in [1.82, 2.24) is 10.1 Å². The Morgan fingerprint density at radius 2 is 1.79 bits per heavy atom. The maximum atomic E-state index is 13.6. The van der Waals surface area contributed by atoms with Crippen LogP contribution in [0.5, 0.6) is 11.5 Å². The number of carbonyl (C=O) groups is 1. The van der Waals surface area contributed by atoms with Crippen molar-refractivity contribution in [2.45, 2.75) is 45.7 Å². The first-order valence-corrected chi connectivity index (χ1v) is 11.6. The van der Waals surface area contributed by atoms with E-state index in [9.17, 15) is 4.79 Å². The summed E-state index contributed by atoms with van der Waals surface area (Å²) < 4.78 is 16.8. The van der Waals surface area contributed by atoms with Gasteiger partial charge in [-0.25, -0.2) is 0 Å². The largest absolute Gasteiger partial charge is 0.454 e. The molecule has 2 aliphatic heterocycles. The van der Waals surface area contributed by atoms with Crippen LogP contribution >= 0.6 is 0 Å². The molecule has 0 bridgehead atoms. The fourth-order valence-electron chi connectivity index (χ4n) is 4.47. The van der Waals surface area contributed by atoms with Gasteiger partial charge in [-0.2, -0.15) is 0 Å². The van der Waals surface area contributed by atoms with E-state index >= 15 is 0 Å². The van der Waals surface area contributed by atoms with E-state index < -0.39 is 0 Å². The highest BCUT2D eigenvalue weighted by atomic mass is 16.7. The lowest BCUT2D eigenvalue weighted by Gasteiger charge is -2.30. The number of anilines is 1. The van der Waals surface area contributed by atoms with Crippen LogP contribution in [0.3, 0.4) is 0 Å². The number of aromatic nitrogens is 1. The standard InChI is InChI=1S/C26H29N3O4/c1-18(2)29(25(30)20-11-12-22-23(15-20)32-17-31-22)16-21-24(19-9-5-3-6-10-19)27-33-26(21)28-13-7-4-8-14-28/h3,5-6,9-12,15,18H,4,7-8,13-14,16-17H2,1-2H3. The Morgan fingerprint density at radius 1 is 1.03 bits per heavy atom. The number of fused-ring (bicyclic) bond motifs is 1. The summed E-state index contributed by atoms with van der Waals surface area (Å²) in [6.07, 6.45) is 3.49. The van der Waals surface area contributed by atoms with E-state index in [2.05, 4.69) is 10.1 Å². The smallest absolute Gasteiger partial charge is 0.254 e. The number of amides is 1. The molecule has 0 spiro atoms. The Labute approximate surface area is 193 Å². The number of rotatable bonds is 6. The first-order chi connectivity index (χ1) is 16.1. The first kappa shape index (κ1) is 21.4. The third-order valence-corrected chi connectivity index (χ3v) is 6.29. The van der Waals surface area contributed by atoms with E-state index in [4.69, 9.17) is 14.0 Å². The second kappa shape index (κ2) is 9.17. The topological polar surface area (TPSA) is 68.0 Å². The lowest BCUT2D eigenvalue weighted by atomic mass is 10.0. The molecule has 172 valence electrons. The number of hydrogen-bond acceptors (Lipinski definition) is 6. The van der Waals surface area contributed by atoms with Crippen LogP contribution in [-0.4, -0.2) is 41.9 Å². The molecule has 2 aromatic carbocycles. The minimum absolute atomic E-state index is 0.0179. The minimum Gasteiger partial charge on any atom is -0.454 e. The van der Waals surface area contributed by atoms with E-state index in [1.165, 1.54) is 6.42 Å². The van der Waals surface area contributed by atoms with Crippen molar-refractivity contribution >= 4 is 11.8 Å². The molecule has 0 saturated carbocycles. The second-order valence-electron chi connectivity index (χ2n) is 8.82. The quantitative estimate of drug-likeness (QED) is 0.523. The van der Waals surface area contributed by atoms with Crippen LogP contribution in [0.2, 0.25) is 0 Å². The molecule has 3 aromatic rings. The van der Waals surface area contributed by atoms with Crippen molar-refractivity contribution in [2.75, 3.05) is 24.8 Å². The fourth-order valence-corrected chi connectivity index (χ4v) is 4.47. The van der Waals surface area contributed by atoms with Gasteiger partial charge < -0.3 is 23.8 Å². The summed E-state index contributed by atoms with van der Waals surface area (Å²) in [5.74, 6) is 1.99. The summed E-state index contributed by atoms with van der Waals surface area (Å²) in [6, 6.07) is 15.4. The van der Waals surface area contributed by atoms with Crippen molar-refractivity contribution in [3.05, 3.63) is 59.7 Å². The molecule has 1 aromatic heterocycles. The van der Waals surface area contributed by atoms with Gasteiger partial charge in [0.2, 0.25) is 12.7 Å². The van der Waals surface area contributed by atoms with Crippen molar-refractivity contribution in [3.63, 3.8) is 0 Å². The molecule has 7 heteroatoms. The van der Waals surface area contributed by atoms with Gasteiger partial charge in [-0.15, -0.1) is 0 Å². The Balaban J connectivity index is 1.51. The molecule has 7 nitrogen and oxygen atoms in total. The highest BCUT2D eigenvalue weighted by molar-refractivity contribution is 5.95. The maximum absolute atomic E-state index is 13.6. The molecule has 33 heavy (non-hydrogen) atoms. The van der Waals surface area contributed by atoms with E-state index in [-0.39, 0.29) is 18.7 Å². The van der Waals surface area contributed by atoms with Gasteiger partial charge in [0, 0.05) is 30.3 Å². The average Bonchev–Trinajstić information content (AvgIpc) is 3.49. The normalized spacial score (nSPS) is 15.2. The van der Waals surface area contributed by atoms with Crippen molar-refractivity contribution in [1.29, 1.82) is 0 Å². The van der Waals surface area contributed by atoms with Gasteiger partial charge in [0.1, 0.15) is 5.69 Å². The van der Waals surface area contributed by atoms with Crippen LogP contribution in [0.4, 0.5) is 5.88 Å². The van der Waals surface area contributed by atoms with Gasteiger partial charge in [-0.1, -0.05) is 35.5 Å². The minimum atomic E-state index is -0.0619. The number of piperidine rings is 1. The molecule has 1 saturated heterocycles. The molecule has 0 atom stereocenters. The molecular formula is C26H29N3O4. The zero-order chi connectivity index (χ0) is 22.8. The molecular weight excluding hydrogens is 418 g/mol. The summed E-state index contributed by atoms with van der Waals surface area (Å²) in [6.45, 7) is 6.52. The molecule has 0 radical (unpaired) electrons. The lowest BCUT2D eigenvalue weighted by Crippen LogP contribution is -2.37. The van der Waals surface area contributed by atoms with Gasteiger partial charge in [-0.05, 0) is 51.3 Å². The third kappa shape index (κ3) is 4.27. The van der Waals surface area contributed by atoms with Gasteiger partial charge in [0.05, 0.1) is 12.1 Å². The maximum Gasteiger partial charge on any atom is 0.254 e. The third-order valence-electron chi connectivity index (χ3n) is 6.29. The van der Waals surface area contributed by atoms with Crippen LogP contribution in [0.25, 0.3) is 11.3 Å². The molecule has 0 N–H and O–H groups in total. The second-order valence-corrected chi connectivity index (χ2v) is 8.82. The Kier molecular flexibility index (Phi) is 5.94. The van der Waals surface area contributed by atoms with Crippen molar-refractivity contribution in [3.8, 4) is 22.8 Å². The average molecular weight is 448 g/mol. The zero-order valence-corrected chi connectivity index (χ0v) is 19.1. The van der Waals surface area contributed by atoms with Crippen LogP contribution in [-0.2, 0) is 6.54 Å². The fraction of sp³-hybridized carbons (Fsp3) is 0.385. The highest BCUT2D eigenvalue weighted by Gasteiger charge is 2.29. The summed E-state index contributed by atoms with van der Waals surface area (Å²) >= 11 is 0. The van der Waals surface area contributed by atoms with E-state index in [0.29, 0.717) is 23.6 Å². The molecule has 0 unspecified atom stereocenters. The Bertz CT molecular complexity index is 1120. The number of carbonyl (C=O) groups excluding carboxylic acids is 1. The van der Waals surface area contributed by atoms with Gasteiger partial charge >= 0.3 is 0 Å². The molecule has 1 amide bonds. The summed E-state index contributed by atoms with van der Waals surface area (Å²) in [5.41, 5.74) is 3.30. The molecule has 2 aliphatic rings. The Morgan fingerprint density at radius 3 is 2.55 bits per heavy atom. The van der Waals surface area contributed by atoms with Crippen LogP contribution in [0, 0.1) is 0 Å². The molecule has 3 heterocycles. The highest BCUT2D eigenvalue weighted by Crippen LogP contribution is 2.36. The molecule has 1 fully saturated rings. The lowest BCUT2D eigenvalue weighted by molar-refractivity contribution is 0.0690. The monoisotopic (exact) mass is 447 g/mol. The van der Waals surface area contributed by atoms with Crippen molar-refractivity contribution in [2.24, 2.45) is 0 Å². The summed E-state index contributed by atoms with van der Waals surface area (Å²) in [5, 5.41) is 4.46. The van der Waals surface area contributed by atoms with Gasteiger partial charge in [0.15, 0.2) is 11.5 Å². The molecule has 0 aliphatic carbocycles. The first-order valence-electron chi connectivity index (χ1n) is 11.6. The van der Waals surface area contributed by atoms with E-state index in [1.54, 1.807) is 18.2 Å². The number of benzene rings is 2. The molecule has 5 rings (SSSR count). The van der Waals surface area contributed by atoms with E-state index in [1.807, 2.05) is 49.1 Å². The number of nitrogens with zero attached hydrogens (tertiary/aromatic N) is 3. The zero-order valence-electron chi connectivity index (χ0n) is 19.1. The predicted molar refractivity (Wildman–Crippen MR) is 126 cm³/mol. The summed E-state index contributed by atoms with van der Waals surface area (Å²) in [4.78, 5) is 17.7. The number of hydrogen-bond donors (Lipinski definition) is 0. The van der Waals surface area contributed by atoms with E-state index in [0.717, 1.165) is 48.6 Å². The van der Waals surface area contributed by atoms with Crippen molar-refractivity contribution < 1.29 is 18.8 Å². The van der Waals surface area contributed by atoms with Crippen LogP contribution in [0.1, 0.15) is 49.0 Å². The van der Waals surface area contributed by atoms with Gasteiger partial charge in [0.25, 0.3) is 5.91 Å².